The number of hydrogen-bond donors (Lipinski definition) is 0. The fourth-order valence-electron chi connectivity index (χ4n) is 3.95. The lowest BCUT2D eigenvalue weighted by molar-refractivity contribution is -0.137. The molecule has 3 aromatic rings. The van der Waals surface area contributed by atoms with Crippen LogP contribution in [-0.4, -0.2) is 42.0 Å². The van der Waals surface area contributed by atoms with Crippen LogP contribution < -0.4 is 9.64 Å². The van der Waals surface area contributed by atoms with Crippen molar-refractivity contribution in [1.82, 2.24) is 9.88 Å². The molecule has 0 bridgehead atoms. The maximum absolute atomic E-state index is 12.5. The second kappa shape index (κ2) is 10.3. The summed E-state index contributed by atoms with van der Waals surface area (Å²) in [6, 6.07) is 21.9. The Balaban J connectivity index is 1.56. The molecule has 2 heterocycles. The summed E-state index contributed by atoms with van der Waals surface area (Å²) < 4.78 is 5.91. The van der Waals surface area contributed by atoms with Gasteiger partial charge in [-0.25, -0.2) is 4.98 Å². The highest BCUT2D eigenvalue weighted by atomic mass is 16.5. The summed E-state index contributed by atoms with van der Waals surface area (Å²) >= 11 is 0. The van der Waals surface area contributed by atoms with Crippen LogP contribution in [0.4, 0.5) is 5.82 Å². The number of ether oxygens (including phenoxy) is 1. The van der Waals surface area contributed by atoms with Crippen LogP contribution in [0, 0.1) is 17.2 Å². The molecule has 6 heteroatoms. The molecule has 0 N–H and O–H groups in total. The Labute approximate surface area is 195 Å². The van der Waals surface area contributed by atoms with Gasteiger partial charge in [-0.3, -0.25) is 9.69 Å². The summed E-state index contributed by atoms with van der Waals surface area (Å²) in [7, 11) is 0. The summed E-state index contributed by atoms with van der Waals surface area (Å²) in [6.45, 7) is 7.57. The Kier molecular flexibility index (Phi) is 7.01. The van der Waals surface area contributed by atoms with Crippen LogP contribution in [0.15, 0.2) is 66.9 Å². The van der Waals surface area contributed by atoms with Gasteiger partial charge >= 0.3 is 5.97 Å². The molecule has 1 aliphatic rings. The first kappa shape index (κ1) is 22.5. The van der Waals surface area contributed by atoms with Crippen molar-refractivity contribution in [2.24, 2.45) is 5.92 Å². The molecule has 2 aromatic carbocycles. The first-order valence-electron chi connectivity index (χ1n) is 11.3. The third-order valence-corrected chi connectivity index (χ3v) is 5.85. The van der Waals surface area contributed by atoms with Gasteiger partial charge < -0.3 is 9.64 Å². The molecule has 0 spiro atoms. The molecule has 0 amide bonds. The lowest BCUT2D eigenvalue weighted by Gasteiger charge is -2.36. The number of rotatable bonds is 6. The van der Waals surface area contributed by atoms with Crippen LogP contribution in [0.5, 0.6) is 5.75 Å². The molecule has 0 saturated carbocycles. The van der Waals surface area contributed by atoms with E-state index in [-0.39, 0.29) is 11.9 Å². The van der Waals surface area contributed by atoms with E-state index in [4.69, 9.17) is 4.74 Å². The summed E-state index contributed by atoms with van der Waals surface area (Å²) in [4.78, 5) is 21.7. The Morgan fingerprint density at radius 3 is 2.42 bits per heavy atom. The lowest BCUT2D eigenvalue weighted by Crippen LogP contribution is -2.46. The van der Waals surface area contributed by atoms with Crippen molar-refractivity contribution in [3.05, 3.63) is 78.0 Å². The highest BCUT2D eigenvalue weighted by Gasteiger charge is 2.25. The fraction of sp³-hybridized carbons (Fsp3) is 0.296. The maximum Gasteiger partial charge on any atom is 0.313 e. The number of aromatic nitrogens is 1. The molecular weight excluding hydrogens is 412 g/mol. The number of piperazine rings is 1. The van der Waals surface area contributed by atoms with Crippen molar-refractivity contribution >= 4 is 11.8 Å². The van der Waals surface area contributed by atoms with Gasteiger partial charge in [-0.05, 0) is 23.3 Å². The quantitative estimate of drug-likeness (QED) is 0.526. The molecule has 0 aliphatic carbocycles. The van der Waals surface area contributed by atoms with Crippen LogP contribution in [0.25, 0.3) is 11.1 Å². The molecule has 6 nitrogen and oxygen atoms in total. The number of nitriles is 1. The normalized spacial score (nSPS) is 14.2. The van der Waals surface area contributed by atoms with Gasteiger partial charge in [0.25, 0.3) is 0 Å². The van der Waals surface area contributed by atoms with Gasteiger partial charge in [0.2, 0.25) is 0 Å². The number of pyridine rings is 1. The lowest BCUT2D eigenvalue weighted by atomic mass is 10.1. The second-order valence-electron chi connectivity index (χ2n) is 8.49. The van der Waals surface area contributed by atoms with Crippen LogP contribution in [0.3, 0.4) is 0 Å². The van der Waals surface area contributed by atoms with Gasteiger partial charge in [-0.1, -0.05) is 62.4 Å². The van der Waals surface area contributed by atoms with Crippen LogP contribution in [-0.2, 0) is 11.3 Å². The predicted molar refractivity (Wildman–Crippen MR) is 129 cm³/mol. The zero-order valence-electron chi connectivity index (χ0n) is 19.1. The number of carbonyl (C=O) groups excluding carboxylic acids is 1. The van der Waals surface area contributed by atoms with E-state index in [1.807, 2.05) is 74.5 Å². The van der Waals surface area contributed by atoms with E-state index in [1.165, 1.54) is 0 Å². The minimum atomic E-state index is -0.270. The molecule has 4 rings (SSSR count). The van der Waals surface area contributed by atoms with E-state index in [0.29, 0.717) is 11.6 Å². The molecular formula is C27H28N4O2. The highest BCUT2D eigenvalue weighted by molar-refractivity contribution is 5.83. The standard InChI is InChI=1S/C27H28N4O2/c1-20(2)27(32)33-25-24(21-8-4-3-5-9-21)12-13-29-26(25)31-16-14-30(15-17-31)19-23-11-7-6-10-22(23)18-28/h3-13,20H,14-17,19H2,1-2H3. The first-order valence-corrected chi connectivity index (χ1v) is 11.3. The Bertz CT molecular complexity index is 1150. The van der Waals surface area contributed by atoms with E-state index in [2.05, 4.69) is 20.9 Å². The van der Waals surface area contributed by atoms with Gasteiger partial charge in [0, 0.05) is 44.5 Å². The van der Waals surface area contributed by atoms with Crippen molar-refractivity contribution in [3.8, 4) is 22.9 Å². The topological polar surface area (TPSA) is 69.5 Å². The number of esters is 1. The third-order valence-electron chi connectivity index (χ3n) is 5.85. The van der Waals surface area contributed by atoms with E-state index >= 15 is 0 Å². The van der Waals surface area contributed by atoms with E-state index < -0.39 is 0 Å². The number of carbonyl (C=O) groups is 1. The number of anilines is 1. The molecule has 0 radical (unpaired) electrons. The van der Waals surface area contributed by atoms with Gasteiger partial charge in [-0.15, -0.1) is 0 Å². The average Bonchev–Trinajstić information content (AvgIpc) is 2.85. The third kappa shape index (κ3) is 5.21. The van der Waals surface area contributed by atoms with Gasteiger partial charge in [0.05, 0.1) is 17.6 Å². The molecule has 1 aromatic heterocycles. The van der Waals surface area contributed by atoms with Gasteiger partial charge in [0.15, 0.2) is 11.6 Å². The summed E-state index contributed by atoms with van der Waals surface area (Å²) in [5.74, 6) is 0.708. The largest absolute Gasteiger partial charge is 0.422 e. The smallest absolute Gasteiger partial charge is 0.313 e. The number of nitrogens with zero attached hydrogens (tertiary/aromatic N) is 4. The van der Waals surface area contributed by atoms with Crippen LogP contribution >= 0.6 is 0 Å². The Hall–Kier alpha value is -3.69. The van der Waals surface area contributed by atoms with Crippen molar-refractivity contribution in [1.29, 1.82) is 5.26 Å². The molecule has 0 unspecified atom stereocenters. The van der Waals surface area contributed by atoms with E-state index in [1.54, 1.807) is 6.20 Å². The average molecular weight is 441 g/mol. The van der Waals surface area contributed by atoms with E-state index in [9.17, 15) is 10.1 Å². The van der Waals surface area contributed by atoms with Crippen molar-refractivity contribution in [3.63, 3.8) is 0 Å². The first-order chi connectivity index (χ1) is 16.1. The summed E-state index contributed by atoms with van der Waals surface area (Å²) in [5, 5.41) is 9.37. The maximum atomic E-state index is 12.5. The van der Waals surface area contributed by atoms with Crippen LogP contribution in [0.1, 0.15) is 25.0 Å². The molecule has 1 aliphatic heterocycles. The monoisotopic (exact) mass is 440 g/mol. The summed E-state index contributed by atoms with van der Waals surface area (Å²) in [6.07, 6.45) is 1.78. The predicted octanol–water partition coefficient (Wildman–Crippen LogP) is 4.50. The number of benzene rings is 2. The van der Waals surface area contributed by atoms with Crippen LogP contribution in [0.2, 0.25) is 0 Å². The van der Waals surface area contributed by atoms with E-state index in [0.717, 1.165) is 55.0 Å². The van der Waals surface area contributed by atoms with Gasteiger partial charge in [-0.2, -0.15) is 5.26 Å². The molecule has 0 atom stereocenters. The zero-order valence-corrected chi connectivity index (χ0v) is 19.1. The molecule has 1 fully saturated rings. The fourth-order valence-corrected chi connectivity index (χ4v) is 3.95. The SMILES string of the molecule is CC(C)C(=O)Oc1c(-c2ccccc2)ccnc1N1CCN(Cc2ccccc2C#N)CC1. The summed E-state index contributed by atoms with van der Waals surface area (Å²) in [5.41, 5.74) is 3.61. The molecule has 1 saturated heterocycles. The second-order valence-corrected chi connectivity index (χ2v) is 8.49. The number of hydrogen-bond acceptors (Lipinski definition) is 6. The van der Waals surface area contributed by atoms with Gasteiger partial charge in [0.1, 0.15) is 0 Å². The van der Waals surface area contributed by atoms with Crippen molar-refractivity contribution in [2.45, 2.75) is 20.4 Å². The highest BCUT2D eigenvalue weighted by Crippen LogP contribution is 2.38. The molecule has 168 valence electrons. The zero-order chi connectivity index (χ0) is 23.2. The minimum Gasteiger partial charge on any atom is -0.422 e. The van der Waals surface area contributed by atoms with Crippen molar-refractivity contribution < 1.29 is 9.53 Å². The molecule has 33 heavy (non-hydrogen) atoms. The van der Waals surface area contributed by atoms with Crippen molar-refractivity contribution in [2.75, 3.05) is 31.1 Å². The minimum absolute atomic E-state index is 0.237. The Morgan fingerprint density at radius 2 is 1.73 bits per heavy atom. The Morgan fingerprint density at radius 1 is 1.03 bits per heavy atom.